The first-order chi connectivity index (χ1) is 11.3. The smallest absolute Gasteiger partial charge is 0.222 e. The maximum Gasteiger partial charge on any atom is 0.222 e. The molecule has 6 heteroatoms. The van der Waals surface area contributed by atoms with Gasteiger partial charge < -0.3 is 9.47 Å². The Morgan fingerprint density at radius 1 is 1.35 bits per heavy atom. The number of thiophene rings is 1. The Kier molecular flexibility index (Phi) is 4.18. The Hall–Kier alpha value is -1.66. The average Bonchev–Trinajstić information content (AvgIpc) is 3.24. The van der Waals surface area contributed by atoms with Gasteiger partial charge in [-0.15, -0.1) is 11.3 Å². The van der Waals surface area contributed by atoms with E-state index in [1.807, 2.05) is 17.5 Å². The number of carbonyl (C=O) groups excluding carboxylic acids is 1. The van der Waals surface area contributed by atoms with Gasteiger partial charge in [-0.3, -0.25) is 9.69 Å². The zero-order valence-electron chi connectivity index (χ0n) is 13.2. The Labute approximate surface area is 140 Å². The van der Waals surface area contributed by atoms with E-state index in [4.69, 9.17) is 0 Å². The van der Waals surface area contributed by atoms with Crippen LogP contribution < -0.4 is 0 Å². The summed E-state index contributed by atoms with van der Waals surface area (Å²) in [5, 5.41) is 2.13. The van der Waals surface area contributed by atoms with E-state index in [0.29, 0.717) is 11.8 Å². The van der Waals surface area contributed by atoms with Gasteiger partial charge in [0.1, 0.15) is 5.82 Å². The maximum atomic E-state index is 12.0. The predicted octanol–water partition coefficient (Wildman–Crippen LogP) is 2.20. The zero-order valence-corrected chi connectivity index (χ0v) is 14.0. The highest BCUT2D eigenvalue weighted by Gasteiger charge is 2.27. The fourth-order valence-corrected chi connectivity index (χ4v) is 4.44. The van der Waals surface area contributed by atoms with Crippen molar-refractivity contribution in [2.75, 3.05) is 19.6 Å². The molecular formula is C17H22N4OS. The molecule has 5 nitrogen and oxygen atoms in total. The van der Waals surface area contributed by atoms with E-state index < -0.39 is 0 Å². The quantitative estimate of drug-likeness (QED) is 0.863. The van der Waals surface area contributed by atoms with Crippen LogP contribution in [-0.2, 0) is 24.4 Å². The third-order valence-electron chi connectivity index (χ3n) is 4.75. The van der Waals surface area contributed by atoms with Gasteiger partial charge in [-0.05, 0) is 17.9 Å². The third-order valence-corrected chi connectivity index (χ3v) is 5.61. The molecule has 1 amide bonds. The Balaban J connectivity index is 1.50. The molecular weight excluding hydrogens is 308 g/mol. The largest absolute Gasteiger partial charge is 0.342 e. The standard InChI is InChI=1S/C17H22N4OS/c22-17-4-1-6-21(17)11-14-9-19(12-15-3-2-8-23-15)13-16-18-5-7-20(16)10-14/h2-3,5,7-8,14H,1,4,6,9-13H2/t14-/m0/s1. The second kappa shape index (κ2) is 6.45. The number of carbonyl (C=O) groups is 1. The van der Waals surface area contributed by atoms with Crippen molar-refractivity contribution in [3.8, 4) is 0 Å². The molecule has 0 saturated carbocycles. The molecule has 0 unspecified atom stereocenters. The van der Waals surface area contributed by atoms with Gasteiger partial charge in [-0.25, -0.2) is 4.98 Å². The summed E-state index contributed by atoms with van der Waals surface area (Å²) in [6, 6.07) is 4.31. The van der Waals surface area contributed by atoms with Crippen LogP contribution in [0.2, 0.25) is 0 Å². The predicted molar refractivity (Wildman–Crippen MR) is 90.0 cm³/mol. The maximum absolute atomic E-state index is 12.0. The molecule has 4 rings (SSSR count). The molecule has 1 atom stereocenters. The van der Waals surface area contributed by atoms with E-state index in [9.17, 15) is 4.79 Å². The number of rotatable bonds is 4. The summed E-state index contributed by atoms with van der Waals surface area (Å²) >= 11 is 1.81. The summed E-state index contributed by atoms with van der Waals surface area (Å²) in [5.41, 5.74) is 0. The highest BCUT2D eigenvalue weighted by molar-refractivity contribution is 7.09. The van der Waals surface area contributed by atoms with Crippen molar-refractivity contribution >= 4 is 17.2 Å². The normalized spacial score (nSPS) is 22.3. The van der Waals surface area contributed by atoms with Crippen molar-refractivity contribution in [2.24, 2.45) is 5.92 Å². The van der Waals surface area contributed by atoms with Gasteiger partial charge >= 0.3 is 0 Å². The van der Waals surface area contributed by atoms with Gasteiger partial charge in [0.05, 0.1) is 6.54 Å². The van der Waals surface area contributed by atoms with E-state index in [-0.39, 0.29) is 0 Å². The van der Waals surface area contributed by atoms with Crippen LogP contribution in [0.1, 0.15) is 23.5 Å². The van der Waals surface area contributed by atoms with Crippen LogP contribution in [0, 0.1) is 5.92 Å². The fourth-order valence-electron chi connectivity index (χ4n) is 3.69. The molecule has 0 bridgehead atoms. The van der Waals surface area contributed by atoms with Crippen molar-refractivity contribution in [3.63, 3.8) is 0 Å². The molecule has 23 heavy (non-hydrogen) atoms. The van der Waals surface area contributed by atoms with Gasteiger partial charge in [-0.2, -0.15) is 0 Å². The molecule has 0 radical (unpaired) electrons. The number of likely N-dealkylation sites (tertiary alicyclic amines) is 1. The molecule has 122 valence electrons. The van der Waals surface area contributed by atoms with Crippen LogP contribution in [0.5, 0.6) is 0 Å². The van der Waals surface area contributed by atoms with E-state index in [1.54, 1.807) is 0 Å². The first-order valence-electron chi connectivity index (χ1n) is 8.30. The number of imidazole rings is 1. The van der Waals surface area contributed by atoms with Crippen LogP contribution in [0.25, 0.3) is 0 Å². The molecule has 2 aliphatic heterocycles. The highest BCUT2D eigenvalue weighted by Crippen LogP contribution is 2.22. The number of aromatic nitrogens is 2. The van der Waals surface area contributed by atoms with Gasteiger partial charge in [0.25, 0.3) is 0 Å². The van der Waals surface area contributed by atoms with Gasteiger partial charge in [0, 0.05) is 62.3 Å². The molecule has 1 fully saturated rings. The van der Waals surface area contributed by atoms with Crippen LogP contribution in [0.15, 0.2) is 29.9 Å². The SMILES string of the molecule is O=C1CCCN1C[C@H]1CN(Cc2cccs2)Cc2nccn2C1. The average molecular weight is 330 g/mol. The number of fused-ring (bicyclic) bond motifs is 1. The monoisotopic (exact) mass is 330 g/mol. The fraction of sp³-hybridized carbons (Fsp3) is 0.529. The van der Waals surface area contributed by atoms with Gasteiger partial charge in [-0.1, -0.05) is 6.07 Å². The lowest BCUT2D eigenvalue weighted by molar-refractivity contribution is -0.128. The molecule has 0 aromatic carbocycles. The number of hydrogen-bond acceptors (Lipinski definition) is 4. The molecule has 1 saturated heterocycles. The lowest BCUT2D eigenvalue weighted by Crippen LogP contribution is -2.37. The third kappa shape index (κ3) is 3.33. The van der Waals surface area contributed by atoms with E-state index in [0.717, 1.165) is 57.9 Å². The minimum absolute atomic E-state index is 0.324. The van der Waals surface area contributed by atoms with E-state index >= 15 is 0 Å². The Bertz CT molecular complexity index is 666. The molecule has 0 N–H and O–H groups in total. The van der Waals surface area contributed by atoms with Crippen molar-refractivity contribution in [2.45, 2.75) is 32.5 Å². The summed E-state index contributed by atoms with van der Waals surface area (Å²) in [5.74, 6) is 1.93. The van der Waals surface area contributed by atoms with Gasteiger partial charge in [0.15, 0.2) is 0 Å². The molecule has 2 aliphatic rings. The first kappa shape index (κ1) is 14.9. The summed E-state index contributed by atoms with van der Waals surface area (Å²) in [7, 11) is 0. The summed E-state index contributed by atoms with van der Waals surface area (Å²) in [6.45, 7) is 5.63. The first-order valence-corrected chi connectivity index (χ1v) is 9.18. The lowest BCUT2D eigenvalue weighted by atomic mass is 10.1. The molecule has 4 heterocycles. The molecule has 0 aliphatic carbocycles. The molecule has 2 aromatic rings. The number of nitrogens with zero attached hydrogens (tertiary/aromatic N) is 4. The van der Waals surface area contributed by atoms with Crippen molar-refractivity contribution in [1.82, 2.24) is 19.4 Å². The van der Waals surface area contributed by atoms with Crippen LogP contribution in [-0.4, -0.2) is 44.9 Å². The summed E-state index contributed by atoms with van der Waals surface area (Å²) in [6.07, 6.45) is 5.70. The second-order valence-electron chi connectivity index (χ2n) is 6.55. The van der Waals surface area contributed by atoms with Crippen molar-refractivity contribution in [1.29, 1.82) is 0 Å². The second-order valence-corrected chi connectivity index (χ2v) is 7.59. The number of hydrogen-bond donors (Lipinski definition) is 0. The lowest BCUT2D eigenvalue weighted by Gasteiger charge is -2.27. The minimum Gasteiger partial charge on any atom is -0.342 e. The van der Waals surface area contributed by atoms with E-state index in [2.05, 4.69) is 43.1 Å². The van der Waals surface area contributed by atoms with Crippen molar-refractivity contribution < 1.29 is 4.79 Å². The molecule has 0 spiro atoms. The zero-order chi connectivity index (χ0) is 15.6. The molecule has 2 aromatic heterocycles. The van der Waals surface area contributed by atoms with Crippen LogP contribution in [0.4, 0.5) is 0 Å². The van der Waals surface area contributed by atoms with E-state index in [1.165, 1.54) is 4.88 Å². The summed E-state index contributed by atoms with van der Waals surface area (Å²) in [4.78, 5) is 22.4. The van der Waals surface area contributed by atoms with Crippen LogP contribution in [0.3, 0.4) is 0 Å². The summed E-state index contributed by atoms with van der Waals surface area (Å²) < 4.78 is 2.26. The van der Waals surface area contributed by atoms with Crippen molar-refractivity contribution in [3.05, 3.63) is 40.6 Å². The number of amides is 1. The van der Waals surface area contributed by atoms with Gasteiger partial charge in [0.2, 0.25) is 5.91 Å². The topological polar surface area (TPSA) is 41.4 Å². The minimum atomic E-state index is 0.324. The Morgan fingerprint density at radius 3 is 3.09 bits per heavy atom. The highest BCUT2D eigenvalue weighted by atomic mass is 32.1. The van der Waals surface area contributed by atoms with Crippen LogP contribution >= 0.6 is 11.3 Å². The Morgan fingerprint density at radius 2 is 2.30 bits per heavy atom.